The molecule has 0 amide bonds. The Labute approximate surface area is 206 Å². The predicted molar refractivity (Wildman–Crippen MR) is 147 cm³/mol. The normalized spacial score (nSPS) is 12.4. The predicted octanol–water partition coefficient (Wildman–Crippen LogP) is 7.20. The van der Waals surface area contributed by atoms with E-state index in [9.17, 15) is 5.11 Å². The minimum Gasteiger partial charge on any atom is -0.427 e. The van der Waals surface area contributed by atoms with Gasteiger partial charge in [0, 0.05) is 14.8 Å². The molecule has 0 atom stereocenters. The fourth-order valence-electron chi connectivity index (χ4n) is 4.07. The maximum Gasteiger partial charge on any atom is 0.331 e. The highest BCUT2D eigenvalue weighted by Crippen LogP contribution is 2.43. The molecule has 0 fully saturated rings. The van der Waals surface area contributed by atoms with Crippen LogP contribution in [0.3, 0.4) is 0 Å². The Hall–Kier alpha value is -2.92. The van der Waals surface area contributed by atoms with Gasteiger partial charge in [0.15, 0.2) is 0 Å². The summed E-state index contributed by atoms with van der Waals surface area (Å²) >= 11 is 1.83. The zero-order chi connectivity index (χ0) is 23.9. The van der Waals surface area contributed by atoms with Gasteiger partial charge in [-0.15, -0.1) is 11.3 Å². The van der Waals surface area contributed by atoms with E-state index in [-0.39, 0.29) is 0 Å². The van der Waals surface area contributed by atoms with Gasteiger partial charge in [0.25, 0.3) is 0 Å². The zero-order valence-electron chi connectivity index (χ0n) is 20.0. The molecular weight excluding hydrogens is 435 g/mol. The Kier molecular flexibility index (Phi) is 5.85. The van der Waals surface area contributed by atoms with E-state index in [1.54, 1.807) is 13.8 Å². The lowest BCUT2D eigenvalue weighted by Gasteiger charge is -2.37. The van der Waals surface area contributed by atoms with Crippen LogP contribution in [0.4, 0.5) is 0 Å². The highest BCUT2D eigenvalue weighted by Gasteiger charge is 2.36. The first-order chi connectivity index (χ1) is 16.3. The van der Waals surface area contributed by atoms with Crippen molar-refractivity contribution in [3.05, 3.63) is 91.0 Å². The molecule has 0 saturated heterocycles. The highest BCUT2D eigenvalue weighted by atomic mass is 32.1. The molecule has 1 heterocycles. The summed E-state index contributed by atoms with van der Waals surface area (Å²) in [6.45, 7) is 7.39. The lowest BCUT2D eigenvalue weighted by atomic mass is 9.79. The molecule has 169 valence electrons. The van der Waals surface area contributed by atoms with Crippen molar-refractivity contribution in [2.24, 2.45) is 0 Å². The lowest BCUT2D eigenvalue weighted by Crippen LogP contribution is -2.49. The molecule has 0 bridgehead atoms. The first kappa shape index (κ1) is 22.9. The van der Waals surface area contributed by atoms with Gasteiger partial charge >= 0.3 is 7.48 Å². The third kappa shape index (κ3) is 4.07. The maximum atomic E-state index is 10.6. The number of rotatable bonds is 6. The van der Waals surface area contributed by atoms with E-state index in [4.69, 9.17) is 4.65 Å². The second-order valence-corrected chi connectivity index (χ2v) is 10.7. The number of hydrogen-bond acceptors (Lipinski definition) is 3. The summed E-state index contributed by atoms with van der Waals surface area (Å²) in [4.78, 5) is 0. The summed E-state index contributed by atoms with van der Waals surface area (Å²) in [5, 5.41) is 13.0. The molecule has 0 aliphatic heterocycles. The topological polar surface area (TPSA) is 29.5 Å². The van der Waals surface area contributed by atoms with Crippen LogP contribution < -0.4 is 5.46 Å². The molecule has 34 heavy (non-hydrogen) atoms. The van der Waals surface area contributed by atoms with E-state index in [1.807, 2.05) is 38.7 Å². The van der Waals surface area contributed by atoms with Gasteiger partial charge in [-0.2, -0.15) is 0 Å². The van der Waals surface area contributed by atoms with Crippen LogP contribution in [-0.2, 0) is 4.65 Å². The fraction of sp³-hybridized carbons (Fsp3) is 0.200. The molecule has 0 aliphatic carbocycles. The summed E-state index contributed by atoms with van der Waals surface area (Å²) in [6, 6.07) is 31.9. The Balaban J connectivity index is 1.74. The van der Waals surface area contributed by atoms with Crippen molar-refractivity contribution in [1.82, 2.24) is 0 Å². The van der Waals surface area contributed by atoms with Crippen molar-refractivity contribution >= 4 is 44.5 Å². The van der Waals surface area contributed by atoms with Crippen molar-refractivity contribution in [2.75, 3.05) is 0 Å². The third-order valence-corrected chi connectivity index (χ3v) is 8.07. The van der Waals surface area contributed by atoms with Crippen LogP contribution in [0.1, 0.15) is 27.7 Å². The van der Waals surface area contributed by atoms with Gasteiger partial charge in [0.05, 0.1) is 11.2 Å². The van der Waals surface area contributed by atoms with Gasteiger partial charge in [0.1, 0.15) is 0 Å². The zero-order valence-corrected chi connectivity index (χ0v) is 20.8. The van der Waals surface area contributed by atoms with Crippen LogP contribution >= 0.6 is 11.3 Å². The van der Waals surface area contributed by atoms with E-state index < -0.39 is 11.2 Å². The molecule has 1 aromatic heterocycles. The van der Waals surface area contributed by atoms with E-state index in [1.165, 1.54) is 42.4 Å². The average Bonchev–Trinajstić information content (AvgIpc) is 3.23. The summed E-state index contributed by atoms with van der Waals surface area (Å²) in [6.07, 6.45) is 0. The molecule has 0 aliphatic rings. The Bertz CT molecular complexity index is 1450. The van der Waals surface area contributed by atoms with Crippen molar-refractivity contribution in [3.8, 4) is 22.3 Å². The Morgan fingerprint density at radius 2 is 1.26 bits per heavy atom. The Morgan fingerprint density at radius 1 is 0.676 bits per heavy atom. The molecule has 2 nitrogen and oxygen atoms in total. The molecule has 4 heteroatoms. The minimum atomic E-state index is -0.982. The van der Waals surface area contributed by atoms with Gasteiger partial charge in [-0.1, -0.05) is 91.0 Å². The standard InChI is InChI=1S/C30H28BO2S/c1-29(2,32)30(3,4)33-31-25-19-18-23(21-14-9-6-10-15-21)28-26(25)24-17-11-16-22(27(24)34-28)20-12-7-5-8-13-20/h5-19,32H,1-4H3. The van der Waals surface area contributed by atoms with E-state index >= 15 is 0 Å². The van der Waals surface area contributed by atoms with Crippen LogP contribution in [-0.4, -0.2) is 23.8 Å². The second-order valence-electron chi connectivity index (χ2n) is 9.73. The summed E-state index contributed by atoms with van der Waals surface area (Å²) < 4.78 is 8.70. The summed E-state index contributed by atoms with van der Waals surface area (Å²) in [5.41, 5.74) is 4.16. The van der Waals surface area contributed by atoms with Crippen LogP contribution in [0.25, 0.3) is 42.4 Å². The molecule has 1 radical (unpaired) electrons. The number of fused-ring (bicyclic) bond motifs is 3. The summed E-state index contributed by atoms with van der Waals surface area (Å²) in [5.74, 6) is 0. The third-order valence-electron chi connectivity index (χ3n) is 6.80. The van der Waals surface area contributed by atoms with Crippen LogP contribution in [0.2, 0.25) is 0 Å². The lowest BCUT2D eigenvalue weighted by molar-refractivity contribution is -0.0893. The average molecular weight is 463 g/mol. The molecule has 0 saturated carbocycles. The molecule has 0 spiro atoms. The van der Waals surface area contributed by atoms with Crippen LogP contribution in [0.15, 0.2) is 91.0 Å². The molecule has 0 unspecified atom stereocenters. The van der Waals surface area contributed by atoms with Gasteiger partial charge < -0.3 is 9.76 Å². The van der Waals surface area contributed by atoms with E-state index in [0.29, 0.717) is 0 Å². The van der Waals surface area contributed by atoms with Gasteiger partial charge in [-0.3, -0.25) is 0 Å². The highest BCUT2D eigenvalue weighted by molar-refractivity contribution is 7.27. The van der Waals surface area contributed by atoms with E-state index in [0.717, 1.165) is 5.46 Å². The quantitative estimate of drug-likeness (QED) is 0.270. The molecular formula is C30H28BO2S. The number of hydrogen-bond donors (Lipinski definition) is 1. The first-order valence-corrected chi connectivity index (χ1v) is 12.4. The van der Waals surface area contributed by atoms with Crippen LogP contribution in [0, 0.1) is 0 Å². The number of benzene rings is 4. The monoisotopic (exact) mass is 463 g/mol. The largest absolute Gasteiger partial charge is 0.427 e. The smallest absolute Gasteiger partial charge is 0.331 e. The van der Waals surface area contributed by atoms with Crippen molar-refractivity contribution in [2.45, 2.75) is 38.9 Å². The minimum absolute atomic E-state index is 0.738. The molecule has 4 aromatic carbocycles. The van der Waals surface area contributed by atoms with Gasteiger partial charge in [0.2, 0.25) is 0 Å². The van der Waals surface area contributed by atoms with Crippen molar-refractivity contribution < 1.29 is 9.76 Å². The fourth-order valence-corrected chi connectivity index (χ4v) is 5.48. The SMILES string of the molecule is CC(C)(O)C(C)(C)O[B]c1ccc(-c2ccccc2)c2sc3c(-c4ccccc4)cccc3c12. The van der Waals surface area contributed by atoms with Crippen LogP contribution in [0.5, 0.6) is 0 Å². The Morgan fingerprint density at radius 3 is 1.85 bits per heavy atom. The second kappa shape index (κ2) is 8.70. The molecule has 5 rings (SSSR count). The maximum absolute atomic E-state index is 10.6. The number of thiophene rings is 1. The van der Waals surface area contributed by atoms with Gasteiger partial charge in [-0.05, 0) is 60.8 Å². The van der Waals surface area contributed by atoms with Crippen molar-refractivity contribution in [3.63, 3.8) is 0 Å². The van der Waals surface area contributed by atoms with Crippen molar-refractivity contribution in [1.29, 1.82) is 0 Å². The van der Waals surface area contributed by atoms with Gasteiger partial charge in [-0.25, -0.2) is 0 Å². The number of aliphatic hydroxyl groups is 1. The molecule has 1 N–H and O–H groups in total. The molecule has 5 aromatic rings. The summed E-state index contributed by atoms with van der Waals surface area (Å²) in [7, 11) is 1.82. The van der Waals surface area contributed by atoms with E-state index in [2.05, 4.69) is 84.9 Å². The first-order valence-electron chi connectivity index (χ1n) is 11.6.